The predicted octanol–water partition coefficient (Wildman–Crippen LogP) is 2.54. The van der Waals surface area contributed by atoms with Gasteiger partial charge >= 0.3 is 0 Å². The summed E-state index contributed by atoms with van der Waals surface area (Å²) in [6, 6.07) is 10.9. The number of carbonyl (C=O) groups is 1. The van der Waals surface area contributed by atoms with Crippen LogP contribution in [0.3, 0.4) is 0 Å². The van der Waals surface area contributed by atoms with Crippen molar-refractivity contribution in [2.75, 3.05) is 5.32 Å². The minimum Gasteiger partial charge on any atom is -0.377 e. The molecule has 0 bridgehead atoms. The first-order valence-electron chi connectivity index (χ1n) is 6.62. The maximum absolute atomic E-state index is 12.1. The summed E-state index contributed by atoms with van der Waals surface area (Å²) in [4.78, 5) is 19.2. The third-order valence-corrected chi connectivity index (χ3v) is 3.29. The quantitative estimate of drug-likeness (QED) is 0.690. The van der Waals surface area contributed by atoms with E-state index in [9.17, 15) is 9.90 Å². The molecule has 1 unspecified atom stereocenters. The molecule has 0 saturated heterocycles. The average Bonchev–Trinajstić information content (AvgIpc) is 2.95. The van der Waals surface area contributed by atoms with Gasteiger partial charge in [-0.3, -0.25) is 9.78 Å². The van der Waals surface area contributed by atoms with E-state index in [0.29, 0.717) is 11.4 Å². The molecular formula is C16H15N3O2. The zero-order valence-electron chi connectivity index (χ0n) is 11.5. The van der Waals surface area contributed by atoms with Gasteiger partial charge in [0.1, 0.15) is 0 Å². The number of amides is 1. The maximum Gasteiger partial charge on any atom is 0.259 e. The molecular weight excluding hydrogens is 266 g/mol. The molecule has 5 nitrogen and oxygen atoms in total. The molecule has 0 fully saturated rings. The molecule has 0 aliphatic rings. The zero-order chi connectivity index (χ0) is 14.8. The highest BCUT2D eigenvalue weighted by molar-refractivity contribution is 5.96. The lowest BCUT2D eigenvalue weighted by Crippen LogP contribution is -2.21. The van der Waals surface area contributed by atoms with E-state index in [4.69, 9.17) is 0 Å². The number of nitrogens with one attached hydrogen (secondary N) is 2. The second kappa shape index (κ2) is 5.38. The van der Waals surface area contributed by atoms with Crippen molar-refractivity contribution >= 4 is 22.5 Å². The molecule has 1 amide bonds. The Morgan fingerprint density at radius 3 is 2.90 bits per heavy atom. The highest BCUT2D eigenvalue weighted by Gasteiger charge is 2.18. The van der Waals surface area contributed by atoms with Crippen LogP contribution in [0.4, 0.5) is 5.69 Å². The zero-order valence-corrected chi connectivity index (χ0v) is 11.5. The summed E-state index contributed by atoms with van der Waals surface area (Å²) >= 11 is 0. The Morgan fingerprint density at radius 1 is 1.29 bits per heavy atom. The highest BCUT2D eigenvalue weighted by atomic mass is 16.3. The lowest BCUT2D eigenvalue weighted by Gasteiger charge is -2.11. The molecule has 1 atom stereocenters. The smallest absolute Gasteiger partial charge is 0.259 e. The Morgan fingerprint density at radius 2 is 2.14 bits per heavy atom. The van der Waals surface area contributed by atoms with E-state index in [-0.39, 0.29) is 0 Å². The Bertz CT molecular complexity index is 778. The number of carbonyl (C=O) groups excluding carboxylic acids is 1. The molecule has 2 heterocycles. The van der Waals surface area contributed by atoms with Crippen molar-refractivity contribution in [3.63, 3.8) is 0 Å². The number of aliphatic hydroxyl groups excluding tert-OH is 1. The highest BCUT2D eigenvalue weighted by Crippen LogP contribution is 2.19. The molecule has 3 aromatic rings. The number of fused-ring (bicyclic) bond motifs is 1. The number of aliphatic hydroxyl groups is 1. The molecule has 0 spiro atoms. The van der Waals surface area contributed by atoms with E-state index in [1.807, 2.05) is 37.4 Å². The average molecular weight is 281 g/mol. The van der Waals surface area contributed by atoms with Gasteiger partial charge in [0.15, 0.2) is 6.10 Å². The lowest BCUT2D eigenvalue weighted by atomic mass is 10.2. The van der Waals surface area contributed by atoms with E-state index in [0.717, 1.165) is 16.5 Å². The summed E-state index contributed by atoms with van der Waals surface area (Å²) in [6.45, 7) is 1.90. The first kappa shape index (κ1) is 13.3. The van der Waals surface area contributed by atoms with Gasteiger partial charge in [0.05, 0.1) is 5.69 Å². The van der Waals surface area contributed by atoms with Crippen LogP contribution in [0.2, 0.25) is 0 Å². The van der Waals surface area contributed by atoms with Crippen molar-refractivity contribution in [1.82, 2.24) is 9.97 Å². The molecule has 1 aromatic carbocycles. The van der Waals surface area contributed by atoms with Crippen LogP contribution in [-0.4, -0.2) is 21.0 Å². The van der Waals surface area contributed by atoms with Gasteiger partial charge in [0.2, 0.25) is 0 Å². The van der Waals surface area contributed by atoms with Crippen molar-refractivity contribution in [2.24, 2.45) is 0 Å². The van der Waals surface area contributed by atoms with Crippen LogP contribution in [0.1, 0.15) is 17.4 Å². The van der Waals surface area contributed by atoms with Crippen LogP contribution in [-0.2, 0) is 4.79 Å². The fourth-order valence-electron chi connectivity index (χ4n) is 2.11. The van der Waals surface area contributed by atoms with E-state index in [1.54, 1.807) is 18.3 Å². The molecule has 3 rings (SSSR count). The van der Waals surface area contributed by atoms with Gasteiger partial charge < -0.3 is 15.4 Å². The van der Waals surface area contributed by atoms with Gasteiger partial charge in [-0.05, 0) is 42.1 Å². The Balaban J connectivity index is 1.77. The van der Waals surface area contributed by atoms with E-state index >= 15 is 0 Å². The maximum atomic E-state index is 12.1. The van der Waals surface area contributed by atoms with Gasteiger partial charge in [-0.25, -0.2) is 0 Å². The number of hydrogen-bond acceptors (Lipinski definition) is 3. The number of pyridine rings is 1. The van der Waals surface area contributed by atoms with E-state index < -0.39 is 12.0 Å². The normalized spacial score (nSPS) is 12.3. The van der Waals surface area contributed by atoms with Gasteiger partial charge in [-0.1, -0.05) is 12.1 Å². The summed E-state index contributed by atoms with van der Waals surface area (Å²) in [7, 11) is 0. The topological polar surface area (TPSA) is 78.0 Å². The molecule has 21 heavy (non-hydrogen) atoms. The summed E-state index contributed by atoms with van der Waals surface area (Å²) in [6.07, 6.45) is 2.17. The van der Waals surface area contributed by atoms with Crippen molar-refractivity contribution < 1.29 is 9.90 Å². The SMILES string of the molecule is Cc1ccc(C(O)C(=O)Nc2ccc3cc[nH]c3c2)nc1. The first-order chi connectivity index (χ1) is 10.1. The number of aromatic amines is 1. The number of rotatable bonds is 3. The van der Waals surface area contributed by atoms with Crippen LogP contribution in [0, 0.1) is 6.92 Å². The molecule has 2 aromatic heterocycles. The number of anilines is 1. The first-order valence-corrected chi connectivity index (χ1v) is 6.62. The lowest BCUT2D eigenvalue weighted by molar-refractivity contribution is -0.124. The second-order valence-corrected chi connectivity index (χ2v) is 4.93. The van der Waals surface area contributed by atoms with Gasteiger partial charge in [-0.2, -0.15) is 0 Å². The van der Waals surface area contributed by atoms with Crippen molar-refractivity contribution in [3.8, 4) is 0 Å². The third kappa shape index (κ3) is 2.78. The fraction of sp³-hybridized carbons (Fsp3) is 0.125. The third-order valence-electron chi connectivity index (χ3n) is 3.29. The van der Waals surface area contributed by atoms with Crippen LogP contribution in [0.25, 0.3) is 10.9 Å². The standard InChI is InChI=1S/C16H15N3O2/c1-10-2-5-13(18-9-10)15(20)16(21)19-12-4-3-11-6-7-17-14(11)8-12/h2-9,15,17,20H,1H3,(H,19,21). The predicted molar refractivity (Wildman–Crippen MR) is 80.9 cm³/mol. The van der Waals surface area contributed by atoms with Gasteiger partial charge in [-0.15, -0.1) is 0 Å². The fourth-order valence-corrected chi connectivity index (χ4v) is 2.11. The Labute approximate surface area is 121 Å². The van der Waals surface area contributed by atoms with Gasteiger partial charge in [0, 0.05) is 23.6 Å². The van der Waals surface area contributed by atoms with Crippen LogP contribution < -0.4 is 5.32 Å². The van der Waals surface area contributed by atoms with Crippen molar-refractivity contribution in [1.29, 1.82) is 0 Å². The minimum atomic E-state index is -1.29. The number of aryl methyl sites for hydroxylation is 1. The molecule has 0 saturated carbocycles. The summed E-state index contributed by atoms with van der Waals surface area (Å²) in [5, 5.41) is 13.8. The van der Waals surface area contributed by atoms with Crippen molar-refractivity contribution in [3.05, 3.63) is 60.0 Å². The number of H-pyrrole nitrogens is 1. The Hall–Kier alpha value is -2.66. The molecule has 0 aliphatic heterocycles. The molecule has 3 N–H and O–H groups in total. The molecule has 5 heteroatoms. The monoisotopic (exact) mass is 281 g/mol. The molecule has 0 aliphatic carbocycles. The number of nitrogens with zero attached hydrogens (tertiary/aromatic N) is 1. The summed E-state index contributed by atoms with van der Waals surface area (Å²) < 4.78 is 0. The Kier molecular flexibility index (Phi) is 3.41. The van der Waals surface area contributed by atoms with E-state index in [1.165, 1.54) is 0 Å². The van der Waals surface area contributed by atoms with Crippen LogP contribution in [0.5, 0.6) is 0 Å². The van der Waals surface area contributed by atoms with E-state index in [2.05, 4.69) is 15.3 Å². The number of aromatic nitrogens is 2. The van der Waals surface area contributed by atoms with Crippen molar-refractivity contribution in [2.45, 2.75) is 13.0 Å². The van der Waals surface area contributed by atoms with Crippen LogP contribution in [0.15, 0.2) is 48.8 Å². The minimum absolute atomic E-state index is 0.332. The number of benzene rings is 1. The summed E-state index contributed by atoms with van der Waals surface area (Å²) in [5.74, 6) is -0.503. The molecule has 0 radical (unpaired) electrons. The largest absolute Gasteiger partial charge is 0.377 e. The number of hydrogen-bond donors (Lipinski definition) is 3. The summed E-state index contributed by atoms with van der Waals surface area (Å²) in [5.41, 5.74) is 2.86. The second-order valence-electron chi connectivity index (χ2n) is 4.93. The van der Waals surface area contributed by atoms with Crippen LogP contribution >= 0.6 is 0 Å². The molecule has 106 valence electrons. The van der Waals surface area contributed by atoms with Gasteiger partial charge in [0.25, 0.3) is 5.91 Å².